The van der Waals surface area contributed by atoms with Crippen molar-refractivity contribution in [3.05, 3.63) is 41.4 Å². The van der Waals surface area contributed by atoms with Crippen molar-refractivity contribution in [3.8, 4) is 0 Å². The van der Waals surface area contributed by atoms with E-state index < -0.39 is 0 Å². The van der Waals surface area contributed by atoms with E-state index in [1.807, 2.05) is 6.07 Å². The van der Waals surface area contributed by atoms with Crippen molar-refractivity contribution >= 4 is 23.2 Å². The Hall–Kier alpha value is -1.32. The summed E-state index contributed by atoms with van der Waals surface area (Å²) in [5.74, 6) is -0.291. The second kappa shape index (κ2) is 4.79. The molecule has 0 aromatic heterocycles. The Kier molecular flexibility index (Phi) is 3.68. The Morgan fingerprint density at radius 1 is 1.64 bits per heavy atom. The number of anilines is 1. The molecule has 74 valence electrons. The molecule has 1 amide bonds. The van der Waals surface area contributed by atoms with Crippen molar-refractivity contribution in [2.24, 2.45) is 5.73 Å². The van der Waals surface area contributed by atoms with E-state index in [1.54, 1.807) is 12.1 Å². The number of rotatable bonds is 3. The van der Waals surface area contributed by atoms with Crippen molar-refractivity contribution in [1.29, 1.82) is 0 Å². The van der Waals surface area contributed by atoms with Gasteiger partial charge in [0.2, 0.25) is 5.91 Å². The molecule has 3 N–H and O–H groups in total. The zero-order valence-corrected chi connectivity index (χ0v) is 8.34. The largest absolute Gasteiger partial charge is 0.326 e. The Morgan fingerprint density at radius 3 is 2.93 bits per heavy atom. The van der Waals surface area contributed by atoms with Crippen LogP contribution in [-0.2, 0) is 11.3 Å². The first-order valence-electron chi connectivity index (χ1n) is 4.09. The summed E-state index contributed by atoms with van der Waals surface area (Å²) >= 11 is 5.86. The Balaban J connectivity index is 2.94. The summed E-state index contributed by atoms with van der Waals surface area (Å²) in [5, 5.41) is 3.07. The molecule has 0 radical (unpaired) electrons. The minimum atomic E-state index is -0.291. The Bertz CT molecular complexity index is 363. The van der Waals surface area contributed by atoms with Gasteiger partial charge in [-0.25, -0.2) is 0 Å². The molecule has 1 aromatic carbocycles. The van der Waals surface area contributed by atoms with Gasteiger partial charge in [0.05, 0.1) is 10.7 Å². The van der Waals surface area contributed by atoms with Crippen LogP contribution in [0.1, 0.15) is 5.56 Å². The van der Waals surface area contributed by atoms with Gasteiger partial charge in [0.15, 0.2) is 0 Å². The first-order chi connectivity index (χ1) is 6.67. The molecule has 14 heavy (non-hydrogen) atoms. The van der Waals surface area contributed by atoms with Crippen LogP contribution in [0.15, 0.2) is 30.9 Å². The van der Waals surface area contributed by atoms with Gasteiger partial charge < -0.3 is 11.1 Å². The maximum Gasteiger partial charge on any atom is 0.247 e. The van der Waals surface area contributed by atoms with Gasteiger partial charge in [0, 0.05) is 6.54 Å². The molecule has 1 rings (SSSR count). The second-order valence-electron chi connectivity index (χ2n) is 2.71. The molecule has 4 heteroatoms. The molecule has 0 unspecified atom stereocenters. The van der Waals surface area contributed by atoms with Crippen LogP contribution in [0, 0.1) is 0 Å². The summed E-state index contributed by atoms with van der Waals surface area (Å²) in [6.45, 7) is 3.76. The van der Waals surface area contributed by atoms with Crippen molar-refractivity contribution in [2.75, 3.05) is 5.32 Å². The molecule has 0 bridgehead atoms. The molecule has 0 aliphatic rings. The number of carbonyl (C=O) groups is 1. The molecule has 0 atom stereocenters. The topological polar surface area (TPSA) is 55.1 Å². The number of hydrogen-bond acceptors (Lipinski definition) is 2. The zero-order valence-electron chi connectivity index (χ0n) is 7.59. The number of amides is 1. The van der Waals surface area contributed by atoms with Crippen LogP contribution in [-0.4, -0.2) is 5.91 Å². The number of hydrogen-bond donors (Lipinski definition) is 2. The fourth-order valence-electron chi connectivity index (χ4n) is 0.979. The lowest BCUT2D eigenvalue weighted by molar-refractivity contribution is -0.111. The van der Waals surface area contributed by atoms with Crippen LogP contribution in [0.25, 0.3) is 0 Å². The predicted octanol–water partition coefficient (Wildman–Crippen LogP) is 1.92. The fraction of sp³-hybridized carbons (Fsp3) is 0.100. The van der Waals surface area contributed by atoms with Crippen LogP contribution in [0.3, 0.4) is 0 Å². The molecule has 0 saturated carbocycles. The Labute approximate surface area is 87.6 Å². The standard InChI is InChI=1S/C10H11ClN2O/c1-2-10(14)13-9-5-7(6-12)3-4-8(9)11/h2-5H,1,6,12H2,(H,13,14). The van der Waals surface area contributed by atoms with Crippen LogP contribution < -0.4 is 11.1 Å². The lowest BCUT2D eigenvalue weighted by Gasteiger charge is -2.06. The number of halogens is 1. The number of benzene rings is 1. The molecule has 1 aromatic rings. The van der Waals surface area contributed by atoms with Gasteiger partial charge in [0.1, 0.15) is 0 Å². The molecule has 0 aliphatic heterocycles. The quantitative estimate of drug-likeness (QED) is 0.749. The third-order valence-electron chi connectivity index (χ3n) is 1.71. The molecule has 0 spiro atoms. The van der Waals surface area contributed by atoms with Gasteiger partial charge in [-0.15, -0.1) is 0 Å². The zero-order chi connectivity index (χ0) is 10.6. The molecular weight excluding hydrogens is 200 g/mol. The summed E-state index contributed by atoms with van der Waals surface area (Å²) in [6, 6.07) is 5.25. The molecule has 0 saturated heterocycles. The summed E-state index contributed by atoms with van der Waals surface area (Å²) in [7, 11) is 0. The highest BCUT2D eigenvalue weighted by Gasteiger charge is 2.03. The highest BCUT2D eigenvalue weighted by atomic mass is 35.5. The maximum absolute atomic E-state index is 11.0. The highest BCUT2D eigenvalue weighted by molar-refractivity contribution is 6.33. The van der Waals surface area contributed by atoms with Gasteiger partial charge in [-0.1, -0.05) is 24.2 Å². The summed E-state index contributed by atoms with van der Waals surface area (Å²) in [4.78, 5) is 11.0. The first-order valence-corrected chi connectivity index (χ1v) is 4.47. The maximum atomic E-state index is 11.0. The number of carbonyl (C=O) groups excluding carboxylic acids is 1. The average molecular weight is 211 g/mol. The smallest absolute Gasteiger partial charge is 0.247 e. The van der Waals surface area contributed by atoms with Crippen LogP contribution >= 0.6 is 11.6 Å². The van der Waals surface area contributed by atoms with E-state index in [9.17, 15) is 4.79 Å². The minimum absolute atomic E-state index is 0.291. The van der Waals surface area contributed by atoms with Crippen LogP contribution in [0.2, 0.25) is 5.02 Å². The third kappa shape index (κ3) is 2.58. The molecule has 3 nitrogen and oxygen atoms in total. The molecule has 0 heterocycles. The number of nitrogens with one attached hydrogen (secondary N) is 1. The van der Waals surface area contributed by atoms with Gasteiger partial charge >= 0.3 is 0 Å². The lowest BCUT2D eigenvalue weighted by atomic mass is 10.2. The van der Waals surface area contributed by atoms with E-state index in [0.29, 0.717) is 17.3 Å². The molecule has 0 aliphatic carbocycles. The van der Waals surface area contributed by atoms with E-state index in [1.165, 1.54) is 6.08 Å². The van der Waals surface area contributed by atoms with Gasteiger partial charge in [-0.05, 0) is 23.8 Å². The van der Waals surface area contributed by atoms with Gasteiger partial charge in [-0.2, -0.15) is 0 Å². The lowest BCUT2D eigenvalue weighted by Crippen LogP contribution is -2.08. The van der Waals surface area contributed by atoms with Crippen molar-refractivity contribution in [1.82, 2.24) is 0 Å². The Morgan fingerprint density at radius 2 is 2.36 bits per heavy atom. The number of nitrogens with two attached hydrogens (primary N) is 1. The highest BCUT2D eigenvalue weighted by Crippen LogP contribution is 2.22. The van der Waals surface area contributed by atoms with E-state index >= 15 is 0 Å². The van der Waals surface area contributed by atoms with E-state index in [0.717, 1.165) is 5.56 Å². The normalized spacial score (nSPS) is 9.57. The van der Waals surface area contributed by atoms with Gasteiger partial charge in [-0.3, -0.25) is 4.79 Å². The molecule has 0 fully saturated rings. The minimum Gasteiger partial charge on any atom is -0.326 e. The fourth-order valence-corrected chi connectivity index (χ4v) is 1.14. The van der Waals surface area contributed by atoms with E-state index in [-0.39, 0.29) is 5.91 Å². The van der Waals surface area contributed by atoms with Gasteiger partial charge in [0.25, 0.3) is 0 Å². The van der Waals surface area contributed by atoms with Crippen molar-refractivity contribution < 1.29 is 4.79 Å². The average Bonchev–Trinajstić information content (AvgIpc) is 2.21. The van der Waals surface area contributed by atoms with Crippen molar-refractivity contribution in [2.45, 2.75) is 6.54 Å². The second-order valence-corrected chi connectivity index (χ2v) is 3.12. The van der Waals surface area contributed by atoms with Crippen LogP contribution in [0.5, 0.6) is 0 Å². The SMILES string of the molecule is C=CC(=O)Nc1cc(CN)ccc1Cl. The summed E-state index contributed by atoms with van der Waals surface area (Å²) < 4.78 is 0. The van der Waals surface area contributed by atoms with Crippen molar-refractivity contribution in [3.63, 3.8) is 0 Å². The van der Waals surface area contributed by atoms with E-state index in [4.69, 9.17) is 17.3 Å². The third-order valence-corrected chi connectivity index (χ3v) is 2.04. The molecular formula is C10H11ClN2O. The van der Waals surface area contributed by atoms with E-state index in [2.05, 4.69) is 11.9 Å². The monoisotopic (exact) mass is 210 g/mol. The summed E-state index contributed by atoms with van der Waals surface area (Å²) in [5.41, 5.74) is 6.92. The van der Waals surface area contributed by atoms with Crippen LogP contribution in [0.4, 0.5) is 5.69 Å². The summed E-state index contributed by atoms with van der Waals surface area (Å²) in [6.07, 6.45) is 1.19. The predicted molar refractivity (Wildman–Crippen MR) is 58.2 cm³/mol. The first kappa shape index (κ1) is 10.8.